The number of carbonyl (C=O) groups excluding carboxylic acids is 1. The number of nitrogens with two attached hydrogens (primary N) is 1. The Balaban J connectivity index is 1.92. The normalized spacial score (nSPS) is 12.1. The minimum atomic E-state index is -0.192. The number of carbonyl (C=O) groups is 1. The van der Waals surface area contributed by atoms with Crippen LogP contribution in [0.25, 0.3) is 0 Å². The topological polar surface area (TPSA) is 81.2 Å². The molecule has 0 aromatic carbocycles. The molecule has 3 N–H and O–H groups in total. The zero-order chi connectivity index (χ0) is 13.7. The average molecular weight is 259 g/mol. The standard InChI is InChI=1S/C14H17N3O2/c1-10(7-12-3-2-6-19-12)17-14(18)13-5-4-11(8-15)9-16-13/h2-6,9-10H,7-8,15H2,1H3,(H,17,18). The number of rotatable bonds is 5. The molecular formula is C14H17N3O2. The van der Waals surface area contributed by atoms with Gasteiger partial charge in [0.05, 0.1) is 6.26 Å². The summed E-state index contributed by atoms with van der Waals surface area (Å²) in [6.45, 7) is 2.35. The Labute approximate surface area is 111 Å². The Bertz CT molecular complexity index is 520. The van der Waals surface area contributed by atoms with E-state index in [1.54, 1.807) is 24.6 Å². The van der Waals surface area contributed by atoms with E-state index >= 15 is 0 Å². The first-order valence-electron chi connectivity index (χ1n) is 6.17. The van der Waals surface area contributed by atoms with Crippen molar-refractivity contribution in [3.8, 4) is 0 Å². The van der Waals surface area contributed by atoms with Crippen molar-refractivity contribution in [3.05, 3.63) is 53.7 Å². The van der Waals surface area contributed by atoms with Gasteiger partial charge in [-0.15, -0.1) is 0 Å². The highest BCUT2D eigenvalue weighted by molar-refractivity contribution is 5.92. The largest absolute Gasteiger partial charge is 0.469 e. The van der Waals surface area contributed by atoms with Crippen LogP contribution in [0.1, 0.15) is 28.7 Å². The second-order valence-electron chi connectivity index (χ2n) is 4.41. The summed E-state index contributed by atoms with van der Waals surface area (Å²) in [4.78, 5) is 16.0. The molecule has 0 radical (unpaired) electrons. The fourth-order valence-corrected chi connectivity index (χ4v) is 1.76. The first kappa shape index (κ1) is 13.3. The van der Waals surface area contributed by atoms with Crippen molar-refractivity contribution in [1.29, 1.82) is 0 Å². The van der Waals surface area contributed by atoms with Crippen LogP contribution in [0.3, 0.4) is 0 Å². The van der Waals surface area contributed by atoms with Gasteiger partial charge in [-0.05, 0) is 30.7 Å². The van der Waals surface area contributed by atoms with Crippen LogP contribution >= 0.6 is 0 Å². The van der Waals surface area contributed by atoms with Gasteiger partial charge in [-0.3, -0.25) is 9.78 Å². The zero-order valence-corrected chi connectivity index (χ0v) is 10.8. The molecule has 0 spiro atoms. The van der Waals surface area contributed by atoms with Gasteiger partial charge in [-0.25, -0.2) is 0 Å². The summed E-state index contributed by atoms with van der Waals surface area (Å²) in [6, 6.07) is 7.18. The van der Waals surface area contributed by atoms with E-state index in [-0.39, 0.29) is 11.9 Å². The molecule has 0 saturated carbocycles. The maximum Gasteiger partial charge on any atom is 0.270 e. The van der Waals surface area contributed by atoms with E-state index in [9.17, 15) is 4.79 Å². The van der Waals surface area contributed by atoms with E-state index in [2.05, 4.69) is 10.3 Å². The first-order chi connectivity index (χ1) is 9.19. The van der Waals surface area contributed by atoms with Gasteiger partial charge in [-0.1, -0.05) is 6.07 Å². The van der Waals surface area contributed by atoms with Crippen LogP contribution in [0.2, 0.25) is 0 Å². The molecule has 2 aromatic rings. The van der Waals surface area contributed by atoms with Crippen molar-refractivity contribution < 1.29 is 9.21 Å². The van der Waals surface area contributed by atoms with E-state index in [4.69, 9.17) is 10.2 Å². The van der Waals surface area contributed by atoms with E-state index < -0.39 is 0 Å². The third-order valence-electron chi connectivity index (χ3n) is 2.76. The lowest BCUT2D eigenvalue weighted by Crippen LogP contribution is -2.34. The van der Waals surface area contributed by atoms with Crippen LogP contribution in [0.15, 0.2) is 41.1 Å². The van der Waals surface area contributed by atoms with E-state index in [1.807, 2.05) is 19.1 Å². The lowest BCUT2D eigenvalue weighted by Gasteiger charge is -2.12. The molecular weight excluding hydrogens is 242 g/mol. The van der Waals surface area contributed by atoms with Crippen LogP contribution in [0.4, 0.5) is 0 Å². The van der Waals surface area contributed by atoms with Crippen molar-refractivity contribution in [2.24, 2.45) is 5.73 Å². The zero-order valence-electron chi connectivity index (χ0n) is 10.8. The quantitative estimate of drug-likeness (QED) is 0.852. The summed E-state index contributed by atoms with van der Waals surface area (Å²) in [5, 5.41) is 2.88. The molecule has 0 aliphatic heterocycles. The molecule has 2 aromatic heterocycles. The Kier molecular flexibility index (Phi) is 4.30. The molecule has 2 rings (SSSR count). The number of amides is 1. The summed E-state index contributed by atoms with van der Waals surface area (Å²) >= 11 is 0. The highest BCUT2D eigenvalue weighted by Gasteiger charge is 2.12. The summed E-state index contributed by atoms with van der Waals surface area (Å²) in [6.07, 6.45) is 3.89. The molecule has 0 bridgehead atoms. The smallest absolute Gasteiger partial charge is 0.270 e. The van der Waals surface area contributed by atoms with Crippen LogP contribution in [0, 0.1) is 0 Å². The van der Waals surface area contributed by atoms with Gasteiger partial charge in [0, 0.05) is 25.2 Å². The van der Waals surface area contributed by atoms with Crippen molar-refractivity contribution in [3.63, 3.8) is 0 Å². The van der Waals surface area contributed by atoms with Gasteiger partial charge in [0.25, 0.3) is 5.91 Å². The van der Waals surface area contributed by atoms with Crippen molar-refractivity contribution in [2.45, 2.75) is 25.9 Å². The molecule has 1 unspecified atom stereocenters. The van der Waals surface area contributed by atoms with Crippen molar-refractivity contribution in [2.75, 3.05) is 0 Å². The van der Waals surface area contributed by atoms with Gasteiger partial charge in [-0.2, -0.15) is 0 Å². The van der Waals surface area contributed by atoms with Crippen LogP contribution in [-0.4, -0.2) is 16.9 Å². The molecule has 1 atom stereocenters. The van der Waals surface area contributed by atoms with Crippen LogP contribution in [0.5, 0.6) is 0 Å². The number of furan rings is 1. The molecule has 0 aliphatic rings. The van der Waals surface area contributed by atoms with Gasteiger partial charge in [0.15, 0.2) is 0 Å². The Morgan fingerprint density at radius 1 is 1.47 bits per heavy atom. The predicted molar refractivity (Wildman–Crippen MR) is 71.5 cm³/mol. The molecule has 19 heavy (non-hydrogen) atoms. The molecule has 0 saturated heterocycles. The molecule has 2 heterocycles. The number of aromatic nitrogens is 1. The Morgan fingerprint density at radius 3 is 2.89 bits per heavy atom. The van der Waals surface area contributed by atoms with Crippen LogP contribution < -0.4 is 11.1 Å². The van der Waals surface area contributed by atoms with E-state index in [0.29, 0.717) is 18.7 Å². The second-order valence-corrected chi connectivity index (χ2v) is 4.41. The number of pyridine rings is 1. The van der Waals surface area contributed by atoms with E-state index in [0.717, 1.165) is 11.3 Å². The number of nitrogens with zero attached hydrogens (tertiary/aromatic N) is 1. The fraction of sp³-hybridized carbons (Fsp3) is 0.286. The molecule has 5 heteroatoms. The van der Waals surface area contributed by atoms with Gasteiger partial charge in [0.2, 0.25) is 0 Å². The van der Waals surface area contributed by atoms with Gasteiger partial charge in [0.1, 0.15) is 11.5 Å². The molecule has 100 valence electrons. The summed E-state index contributed by atoms with van der Waals surface area (Å²) in [5.74, 6) is 0.655. The summed E-state index contributed by atoms with van der Waals surface area (Å²) in [5.41, 5.74) is 6.78. The Hall–Kier alpha value is -2.14. The highest BCUT2D eigenvalue weighted by Crippen LogP contribution is 2.05. The third kappa shape index (κ3) is 3.66. The maximum atomic E-state index is 11.9. The Morgan fingerprint density at radius 2 is 2.32 bits per heavy atom. The fourth-order valence-electron chi connectivity index (χ4n) is 1.76. The number of hydrogen-bond donors (Lipinski definition) is 2. The number of hydrogen-bond acceptors (Lipinski definition) is 4. The minimum Gasteiger partial charge on any atom is -0.469 e. The van der Waals surface area contributed by atoms with E-state index in [1.165, 1.54) is 0 Å². The second kappa shape index (κ2) is 6.15. The lowest BCUT2D eigenvalue weighted by molar-refractivity contribution is 0.0934. The maximum absolute atomic E-state index is 11.9. The average Bonchev–Trinajstić information content (AvgIpc) is 2.91. The third-order valence-corrected chi connectivity index (χ3v) is 2.76. The van der Waals surface area contributed by atoms with Crippen LogP contribution in [-0.2, 0) is 13.0 Å². The summed E-state index contributed by atoms with van der Waals surface area (Å²) < 4.78 is 5.24. The highest BCUT2D eigenvalue weighted by atomic mass is 16.3. The predicted octanol–water partition coefficient (Wildman–Crippen LogP) is 1.49. The van der Waals surface area contributed by atoms with Crippen molar-refractivity contribution >= 4 is 5.91 Å². The molecule has 0 fully saturated rings. The monoisotopic (exact) mass is 259 g/mol. The summed E-state index contributed by atoms with van der Waals surface area (Å²) in [7, 11) is 0. The lowest BCUT2D eigenvalue weighted by atomic mass is 10.2. The van der Waals surface area contributed by atoms with Crippen molar-refractivity contribution in [1.82, 2.24) is 10.3 Å². The molecule has 5 nitrogen and oxygen atoms in total. The first-order valence-corrected chi connectivity index (χ1v) is 6.17. The van der Waals surface area contributed by atoms with Gasteiger partial charge >= 0.3 is 0 Å². The number of nitrogens with one attached hydrogen (secondary N) is 1. The van der Waals surface area contributed by atoms with Gasteiger partial charge < -0.3 is 15.5 Å². The molecule has 0 aliphatic carbocycles. The molecule has 1 amide bonds. The minimum absolute atomic E-state index is 0.0189. The SMILES string of the molecule is CC(Cc1ccco1)NC(=O)c1ccc(CN)cn1.